The number of hydrogen-bond acceptors (Lipinski definition) is 4. The molecule has 27 heavy (non-hydrogen) atoms. The van der Waals surface area contributed by atoms with Crippen LogP contribution in [-0.2, 0) is 23.1 Å². The lowest BCUT2D eigenvalue weighted by molar-refractivity contribution is -0.132. The summed E-state index contributed by atoms with van der Waals surface area (Å²) in [5.74, 6) is 0.0738. The third-order valence-corrected chi connectivity index (χ3v) is 6.38. The number of aliphatic hydroxyl groups is 1. The van der Waals surface area contributed by atoms with Crippen LogP contribution in [-0.4, -0.2) is 40.3 Å². The van der Waals surface area contributed by atoms with E-state index in [1.165, 1.54) is 11.1 Å². The van der Waals surface area contributed by atoms with Crippen LogP contribution in [0.25, 0.3) is 11.0 Å². The van der Waals surface area contributed by atoms with E-state index in [9.17, 15) is 9.90 Å². The van der Waals surface area contributed by atoms with E-state index in [1.807, 2.05) is 41.3 Å². The first kappa shape index (κ1) is 16.5. The molecule has 5 heteroatoms. The average molecular weight is 362 g/mol. The lowest BCUT2D eigenvalue weighted by Crippen LogP contribution is -2.49. The number of carbonyl (C=O) groups is 1. The molecule has 5 rings (SSSR count). The van der Waals surface area contributed by atoms with Gasteiger partial charge in [-0.15, -0.1) is 0 Å². The molecular formula is C22H22N2O3. The Hall–Kier alpha value is -2.66. The number of para-hydroxylation sites is 1. The van der Waals surface area contributed by atoms with E-state index in [4.69, 9.17) is 4.52 Å². The van der Waals surface area contributed by atoms with Crippen molar-refractivity contribution >= 4 is 16.9 Å². The Morgan fingerprint density at radius 2 is 1.89 bits per heavy atom. The Bertz CT molecular complexity index is 1000. The fraction of sp³-hybridized carbons (Fsp3) is 0.364. The molecule has 0 radical (unpaired) electrons. The number of nitrogens with zero attached hydrogens (tertiary/aromatic N) is 2. The summed E-state index contributed by atoms with van der Waals surface area (Å²) < 4.78 is 5.31. The molecule has 1 atom stereocenters. The van der Waals surface area contributed by atoms with Gasteiger partial charge in [0.15, 0.2) is 5.58 Å². The molecule has 0 saturated carbocycles. The monoisotopic (exact) mass is 362 g/mol. The smallest absolute Gasteiger partial charge is 0.228 e. The Balaban J connectivity index is 1.31. The molecule has 2 heterocycles. The molecule has 1 unspecified atom stereocenters. The molecule has 3 aromatic rings. The third-order valence-electron chi connectivity index (χ3n) is 6.38. The van der Waals surface area contributed by atoms with Gasteiger partial charge >= 0.3 is 0 Å². The highest BCUT2D eigenvalue weighted by atomic mass is 16.5. The van der Waals surface area contributed by atoms with Gasteiger partial charge in [0.25, 0.3) is 0 Å². The van der Waals surface area contributed by atoms with Gasteiger partial charge in [-0.1, -0.05) is 41.6 Å². The van der Waals surface area contributed by atoms with Gasteiger partial charge in [-0.2, -0.15) is 0 Å². The molecule has 1 aliphatic heterocycles. The van der Waals surface area contributed by atoms with Crippen LogP contribution in [0.15, 0.2) is 53.1 Å². The third kappa shape index (κ3) is 2.57. The zero-order valence-corrected chi connectivity index (χ0v) is 15.1. The normalized spacial score (nSPS) is 20.9. The summed E-state index contributed by atoms with van der Waals surface area (Å²) in [6.07, 6.45) is 2.22. The number of hydrogen-bond donors (Lipinski definition) is 1. The maximum absolute atomic E-state index is 12.8. The van der Waals surface area contributed by atoms with Crippen molar-refractivity contribution in [3.8, 4) is 0 Å². The highest BCUT2D eigenvalue weighted by Crippen LogP contribution is 2.46. The Kier molecular flexibility index (Phi) is 3.79. The summed E-state index contributed by atoms with van der Waals surface area (Å²) in [5, 5.41) is 15.7. The van der Waals surface area contributed by atoms with E-state index in [0.717, 1.165) is 24.6 Å². The van der Waals surface area contributed by atoms with Gasteiger partial charge in [-0.25, -0.2) is 0 Å². The summed E-state index contributed by atoms with van der Waals surface area (Å²) in [4.78, 5) is 14.7. The summed E-state index contributed by atoms with van der Waals surface area (Å²) >= 11 is 0. The van der Waals surface area contributed by atoms with Crippen molar-refractivity contribution in [2.75, 3.05) is 13.1 Å². The molecule has 0 bridgehead atoms. The predicted molar refractivity (Wildman–Crippen MR) is 101 cm³/mol. The second-order valence-corrected chi connectivity index (χ2v) is 7.72. The average Bonchev–Trinajstić information content (AvgIpc) is 3.22. The lowest BCUT2D eigenvalue weighted by Gasteiger charge is -2.42. The minimum Gasteiger partial charge on any atom is -0.392 e. The van der Waals surface area contributed by atoms with Crippen LogP contribution in [0, 0.1) is 0 Å². The van der Waals surface area contributed by atoms with E-state index >= 15 is 0 Å². The maximum atomic E-state index is 12.8. The second-order valence-electron chi connectivity index (χ2n) is 7.72. The van der Waals surface area contributed by atoms with Gasteiger partial charge in [-0.05, 0) is 42.5 Å². The maximum Gasteiger partial charge on any atom is 0.228 e. The molecule has 2 aromatic carbocycles. The SMILES string of the molecule is O=C(Cc1noc2ccccc12)N1CCC2(CC1)c1ccccc1CC2O. The predicted octanol–water partition coefficient (Wildman–Crippen LogP) is 2.85. The molecule has 1 N–H and O–H groups in total. The minimum atomic E-state index is -0.355. The highest BCUT2D eigenvalue weighted by molar-refractivity contribution is 5.86. The van der Waals surface area contributed by atoms with E-state index < -0.39 is 0 Å². The van der Waals surface area contributed by atoms with Crippen molar-refractivity contribution in [3.05, 3.63) is 65.4 Å². The van der Waals surface area contributed by atoms with E-state index in [1.54, 1.807) is 0 Å². The van der Waals surface area contributed by atoms with Gasteiger partial charge in [0, 0.05) is 23.9 Å². The van der Waals surface area contributed by atoms with E-state index in [0.29, 0.717) is 24.4 Å². The summed E-state index contributed by atoms with van der Waals surface area (Å²) in [5.41, 5.74) is 3.73. The summed E-state index contributed by atoms with van der Waals surface area (Å²) in [7, 11) is 0. The summed E-state index contributed by atoms with van der Waals surface area (Å²) in [6.45, 7) is 1.33. The van der Waals surface area contributed by atoms with Gasteiger partial charge in [0.1, 0.15) is 5.69 Å². The fourth-order valence-corrected chi connectivity index (χ4v) is 4.85. The van der Waals surface area contributed by atoms with Gasteiger partial charge in [0.2, 0.25) is 5.91 Å². The first-order chi connectivity index (χ1) is 13.2. The fourth-order valence-electron chi connectivity index (χ4n) is 4.85. The molecule has 1 aromatic heterocycles. The summed E-state index contributed by atoms with van der Waals surface area (Å²) in [6, 6.07) is 16.0. The number of aromatic nitrogens is 1. The highest BCUT2D eigenvalue weighted by Gasteiger charge is 2.48. The van der Waals surface area contributed by atoms with Crippen molar-refractivity contribution in [1.82, 2.24) is 10.1 Å². The van der Waals surface area contributed by atoms with Crippen molar-refractivity contribution in [2.24, 2.45) is 0 Å². The van der Waals surface area contributed by atoms with E-state index in [-0.39, 0.29) is 23.8 Å². The van der Waals surface area contributed by atoms with Crippen LogP contribution in [0.3, 0.4) is 0 Å². The molecule has 1 spiro atoms. The van der Waals surface area contributed by atoms with Crippen molar-refractivity contribution < 1.29 is 14.4 Å². The standard InChI is InChI=1S/C22H22N2O3/c25-20-13-15-5-1-3-7-17(15)22(20)9-11-24(12-10-22)21(26)14-18-16-6-2-4-8-19(16)27-23-18/h1-8,20,25H,9-14H2. The van der Waals surface area contributed by atoms with Crippen LogP contribution in [0.5, 0.6) is 0 Å². The largest absolute Gasteiger partial charge is 0.392 e. The molecule has 1 saturated heterocycles. The topological polar surface area (TPSA) is 66.6 Å². The Morgan fingerprint density at radius 1 is 1.15 bits per heavy atom. The lowest BCUT2D eigenvalue weighted by atomic mass is 9.72. The number of amides is 1. The van der Waals surface area contributed by atoms with Gasteiger partial charge in [-0.3, -0.25) is 4.79 Å². The van der Waals surface area contributed by atoms with Crippen molar-refractivity contribution in [2.45, 2.75) is 37.2 Å². The molecule has 1 amide bonds. The molecular weight excluding hydrogens is 340 g/mol. The van der Waals surface area contributed by atoms with Crippen LogP contribution in [0.4, 0.5) is 0 Å². The number of benzene rings is 2. The molecule has 1 aliphatic carbocycles. The van der Waals surface area contributed by atoms with Crippen molar-refractivity contribution in [1.29, 1.82) is 0 Å². The number of piperidine rings is 1. The zero-order valence-electron chi connectivity index (χ0n) is 15.1. The van der Waals surface area contributed by atoms with Gasteiger partial charge < -0.3 is 14.5 Å². The number of aliphatic hydroxyl groups excluding tert-OH is 1. The quantitative estimate of drug-likeness (QED) is 0.761. The van der Waals surface area contributed by atoms with Crippen LogP contribution in [0.1, 0.15) is 29.7 Å². The Labute approximate surface area is 157 Å². The first-order valence-corrected chi connectivity index (χ1v) is 9.55. The van der Waals surface area contributed by atoms with Gasteiger partial charge in [0.05, 0.1) is 12.5 Å². The molecule has 5 nitrogen and oxygen atoms in total. The Morgan fingerprint density at radius 3 is 2.74 bits per heavy atom. The number of likely N-dealkylation sites (tertiary alicyclic amines) is 1. The molecule has 2 aliphatic rings. The van der Waals surface area contributed by atoms with Crippen molar-refractivity contribution in [3.63, 3.8) is 0 Å². The van der Waals surface area contributed by atoms with Crippen LogP contribution < -0.4 is 0 Å². The number of carbonyl (C=O) groups excluding carboxylic acids is 1. The van der Waals surface area contributed by atoms with Crippen LogP contribution in [0.2, 0.25) is 0 Å². The van der Waals surface area contributed by atoms with E-state index in [2.05, 4.69) is 17.3 Å². The zero-order chi connectivity index (χ0) is 18.4. The molecule has 138 valence electrons. The second kappa shape index (κ2) is 6.20. The first-order valence-electron chi connectivity index (χ1n) is 9.55. The minimum absolute atomic E-state index is 0.0738. The number of fused-ring (bicyclic) bond motifs is 3. The molecule has 1 fully saturated rings. The number of rotatable bonds is 2. The van der Waals surface area contributed by atoms with Crippen LogP contribution >= 0.6 is 0 Å².